The number of carbonyl (C=O) groups excluding carboxylic acids is 2. The third kappa shape index (κ3) is 6.15. The summed E-state index contributed by atoms with van der Waals surface area (Å²) < 4.78 is 5.47. The van der Waals surface area contributed by atoms with Crippen LogP contribution in [0.4, 0.5) is 23.1 Å². The highest BCUT2D eigenvalue weighted by Crippen LogP contribution is 2.28. The van der Waals surface area contributed by atoms with Gasteiger partial charge in [-0.3, -0.25) is 9.59 Å². The second-order valence-corrected chi connectivity index (χ2v) is 10.5. The first-order valence-electron chi connectivity index (χ1n) is 14.1. The van der Waals surface area contributed by atoms with Gasteiger partial charge in [0.05, 0.1) is 25.2 Å². The number of ether oxygens (including phenoxy) is 1. The highest BCUT2D eigenvalue weighted by atomic mass is 16.5. The fourth-order valence-electron chi connectivity index (χ4n) is 5.37. The van der Waals surface area contributed by atoms with Crippen molar-refractivity contribution < 1.29 is 14.3 Å². The first-order valence-corrected chi connectivity index (χ1v) is 14.1. The van der Waals surface area contributed by atoms with Crippen LogP contribution in [0, 0.1) is 0 Å². The molecule has 0 unspecified atom stereocenters. The summed E-state index contributed by atoms with van der Waals surface area (Å²) in [5.41, 5.74) is 4.55. The number of fused-ring (bicyclic) bond motifs is 1. The average Bonchev–Trinajstić information content (AvgIpc) is 3.02. The van der Waals surface area contributed by atoms with E-state index in [9.17, 15) is 9.59 Å². The molecule has 3 heterocycles. The van der Waals surface area contributed by atoms with Crippen molar-refractivity contribution >= 4 is 45.7 Å². The Kier molecular flexibility index (Phi) is 7.78. The van der Waals surface area contributed by atoms with E-state index in [0.717, 1.165) is 54.3 Å². The summed E-state index contributed by atoms with van der Waals surface area (Å²) >= 11 is 0. The van der Waals surface area contributed by atoms with Gasteiger partial charge in [0.15, 0.2) is 5.78 Å². The van der Waals surface area contributed by atoms with E-state index in [4.69, 9.17) is 14.7 Å². The molecule has 9 heteroatoms. The monoisotopic (exact) mass is 550 g/mol. The van der Waals surface area contributed by atoms with Crippen molar-refractivity contribution in [2.75, 3.05) is 67.6 Å². The maximum Gasteiger partial charge on any atom is 0.229 e. The number of morpholine rings is 1. The highest BCUT2D eigenvalue weighted by molar-refractivity contribution is 5.94. The maximum atomic E-state index is 13.0. The quantitative estimate of drug-likeness (QED) is 0.341. The number of nitrogens with one attached hydrogen (secondary N) is 1. The van der Waals surface area contributed by atoms with Crippen LogP contribution in [0.2, 0.25) is 0 Å². The van der Waals surface area contributed by atoms with E-state index < -0.39 is 0 Å². The van der Waals surface area contributed by atoms with Gasteiger partial charge in [-0.1, -0.05) is 36.4 Å². The number of ketones is 1. The molecular formula is C32H34N6O3. The van der Waals surface area contributed by atoms with E-state index in [0.29, 0.717) is 44.1 Å². The number of nitrogens with zero attached hydrogens (tertiary/aromatic N) is 5. The molecule has 0 aliphatic carbocycles. The Labute approximate surface area is 239 Å². The van der Waals surface area contributed by atoms with Crippen molar-refractivity contribution in [2.24, 2.45) is 0 Å². The van der Waals surface area contributed by atoms with Gasteiger partial charge in [-0.05, 0) is 48.9 Å². The number of aromatic nitrogens is 2. The van der Waals surface area contributed by atoms with E-state index >= 15 is 0 Å². The minimum Gasteiger partial charge on any atom is -0.378 e. The van der Waals surface area contributed by atoms with Gasteiger partial charge in [0.25, 0.3) is 0 Å². The summed E-state index contributed by atoms with van der Waals surface area (Å²) in [4.78, 5) is 40.8. The van der Waals surface area contributed by atoms with E-state index in [1.807, 2.05) is 41.3 Å². The second kappa shape index (κ2) is 11.9. The van der Waals surface area contributed by atoms with Gasteiger partial charge >= 0.3 is 0 Å². The molecule has 1 amide bonds. The van der Waals surface area contributed by atoms with Crippen LogP contribution in [0.25, 0.3) is 10.9 Å². The van der Waals surface area contributed by atoms with Crippen LogP contribution in [-0.4, -0.2) is 79.0 Å². The largest absolute Gasteiger partial charge is 0.378 e. The van der Waals surface area contributed by atoms with Crippen LogP contribution in [0.15, 0.2) is 72.8 Å². The molecule has 6 rings (SSSR count). The molecule has 2 aliphatic rings. The van der Waals surface area contributed by atoms with E-state index in [1.54, 1.807) is 19.1 Å². The standard InChI is InChI=1S/C32H34N6O3/c1-23(39)25-8-6-24(7-9-25)22-30(40)37-14-16-38(17-15-37)31-28-4-2-3-5-29(28)34-32(35-31)33-26-10-12-27(13-11-26)36-18-20-41-21-19-36/h2-13H,14-22H2,1H3,(H,33,34,35). The molecule has 1 aromatic heterocycles. The Bertz CT molecular complexity index is 1530. The molecule has 2 aliphatic heterocycles. The van der Waals surface area contributed by atoms with Crippen molar-refractivity contribution in [3.8, 4) is 0 Å². The van der Waals surface area contributed by atoms with E-state index in [2.05, 4.69) is 39.4 Å². The Balaban J connectivity index is 1.13. The van der Waals surface area contributed by atoms with Crippen molar-refractivity contribution in [3.05, 3.63) is 83.9 Å². The van der Waals surface area contributed by atoms with Crippen molar-refractivity contribution in [1.82, 2.24) is 14.9 Å². The first kappa shape index (κ1) is 26.7. The molecule has 0 atom stereocenters. The number of piperazine rings is 1. The minimum atomic E-state index is 0.0243. The van der Waals surface area contributed by atoms with Crippen LogP contribution in [-0.2, 0) is 16.0 Å². The molecule has 0 saturated carbocycles. The molecular weight excluding hydrogens is 516 g/mol. The summed E-state index contributed by atoms with van der Waals surface area (Å²) in [7, 11) is 0. The summed E-state index contributed by atoms with van der Waals surface area (Å²) in [5, 5.41) is 4.38. The third-order valence-corrected chi connectivity index (χ3v) is 7.73. The van der Waals surface area contributed by atoms with Gasteiger partial charge < -0.3 is 24.8 Å². The number of anilines is 4. The summed E-state index contributed by atoms with van der Waals surface area (Å²) in [6, 6.07) is 23.7. The zero-order valence-electron chi connectivity index (χ0n) is 23.3. The number of rotatable bonds is 7. The average molecular weight is 551 g/mol. The minimum absolute atomic E-state index is 0.0243. The summed E-state index contributed by atoms with van der Waals surface area (Å²) in [5.74, 6) is 1.53. The van der Waals surface area contributed by atoms with Gasteiger partial charge in [0.2, 0.25) is 11.9 Å². The predicted molar refractivity (Wildman–Crippen MR) is 161 cm³/mol. The Hall–Kier alpha value is -4.50. The molecule has 210 valence electrons. The fraction of sp³-hybridized carbons (Fsp3) is 0.312. The zero-order valence-corrected chi connectivity index (χ0v) is 23.3. The zero-order chi connectivity index (χ0) is 28.2. The van der Waals surface area contributed by atoms with Crippen LogP contribution < -0.4 is 15.1 Å². The number of benzene rings is 3. The van der Waals surface area contributed by atoms with Crippen LogP contribution in [0.5, 0.6) is 0 Å². The smallest absolute Gasteiger partial charge is 0.229 e. The Morgan fingerprint density at radius 1 is 0.805 bits per heavy atom. The lowest BCUT2D eigenvalue weighted by Crippen LogP contribution is -2.49. The van der Waals surface area contributed by atoms with Crippen molar-refractivity contribution in [1.29, 1.82) is 0 Å². The van der Waals surface area contributed by atoms with Crippen molar-refractivity contribution in [2.45, 2.75) is 13.3 Å². The Morgan fingerprint density at radius 3 is 2.22 bits per heavy atom. The highest BCUT2D eigenvalue weighted by Gasteiger charge is 2.24. The molecule has 2 saturated heterocycles. The molecule has 9 nitrogen and oxygen atoms in total. The normalized spacial score (nSPS) is 15.7. The van der Waals surface area contributed by atoms with Crippen LogP contribution in [0.1, 0.15) is 22.8 Å². The summed E-state index contributed by atoms with van der Waals surface area (Å²) in [6.07, 6.45) is 0.326. The first-order chi connectivity index (χ1) is 20.0. The van der Waals surface area contributed by atoms with Gasteiger partial charge in [0.1, 0.15) is 5.82 Å². The van der Waals surface area contributed by atoms with Crippen LogP contribution in [0.3, 0.4) is 0 Å². The molecule has 3 aromatic carbocycles. The topological polar surface area (TPSA) is 90.9 Å². The van der Waals surface area contributed by atoms with Crippen molar-refractivity contribution in [3.63, 3.8) is 0 Å². The van der Waals surface area contributed by atoms with Gasteiger partial charge in [-0.25, -0.2) is 4.98 Å². The second-order valence-electron chi connectivity index (χ2n) is 10.5. The number of amides is 1. The SMILES string of the molecule is CC(=O)c1ccc(CC(=O)N2CCN(c3nc(Nc4ccc(N5CCOCC5)cc4)nc4ccccc34)CC2)cc1. The predicted octanol–water partition coefficient (Wildman–Crippen LogP) is 4.30. The molecule has 41 heavy (non-hydrogen) atoms. The third-order valence-electron chi connectivity index (χ3n) is 7.73. The van der Waals surface area contributed by atoms with Gasteiger partial charge in [-0.15, -0.1) is 0 Å². The molecule has 0 bridgehead atoms. The molecule has 0 spiro atoms. The molecule has 4 aromatic rings. The molecule has 1 N–H and O–H groups in total. The number of hydrogen-bond donors (Lipinski definition) is 1. The fourth-order valence-corrected chi connectivity index (χ4v) is 5.37. The Morgan fingerprint density at radius 2 is 1.51 bits per heavy atom. The van der Waals surface area contributed by atoms with E-state index in [-0.39, 0.29) is 11.7 Å². The number of Topliss-reactive ketones (excluding diaryl/α,β-unsaturated/α-hetero) is 1. The molecule has 2 fully saturated rings. The van der Waals surface area contributed by atoms with Gasteiger partial charge in [-0.2, -0.15) is 4.98 Å². The summed E-state index contributed by atoms with van der Waals surface area (Å²) in [6.45, 7) is 7.46. The number of hydrogen-bond acceptors (Lipinski definition) is 8. The number of carbonyl (C=O) groups is 2. The maximum absolute atomic E-state index is 13.0. The lowest BCUT2D eigenvalue weighted by Gasteiger charge is -2.36. The van der Waals surface area contributed by atoms with Gasteiger partial charge in [0, 0.05) is 61.6 Å². The lowest BCUT2D eigenvalue weighted by atomic mass is 10.1. The lowest BCUT2D eigenvalue weighted by molar-refractivity contribution is -0.130. The van der Waals surface area contributed by atoms with E-state index in [1.165, 1.54) is 5.69 Å². The molecule has 0 radical (unpaired) electrons. The number of para-hydroxylation sites is 1. The van der Waals surface area contributed by atoms with Crippen LogP contribution >= 0.6 is 0 Å².